The van der Waals surface area contributed by atoms with Crippen molar-refractivity contribution in [2.75, 3.05) is 6.54 Å². The number of hydrogen-bond acceptors (Lipinski definition) is 2. The predicted molar refractivity (Wildman–Crippen MR) is 95.1 cm³/mol. The van der Waals surface area contributed by atoms with Gasteiger partial charge in [-0.3, -0.25) is 9.59 Å². The van der Waals surface area contributed by atoms with Crippen molar-refractivity contribution >= 4 is 11.8 Å². The van der Waals surface area contributed by atoms with Gasteiger partial charge in [0.25, 0.3) is 0 Å². The van der Waals surface area contributed by atoms with Gasteiger partial charge in [-0.2, -0.15) is 0 Å². The molecule has 2 amide bonds. The number of benzene rings is 2. The molecular weight excluding hydrogens is 319 g/mol. The normalized spacial score (nSPS) is 11.6. The molecule has 2 rings (SSSR count). The molecule has 0 aliphatic rings. The van der Waals surface area contributed by atoms with Gasteiger partial charge in [0.05, 0.1) is 0 Å². The van der Waals surface area contributed by atoms with Crippen LogP contribution in [0.25, 0.3) is 0 Å². The van der Waals surface area contributed by atoms with E-state index in [0.29, 0.717) is 6.54 Å². The number of amides is 2. The van der Waals surface area contributed by atoms with E-state index in [2.05, 4.69) is 5.32 Å². The summed E-state index contributed by atoms with van der Waals surface area (Å²) in [5.41, 5.74) is 1.52. The van der Waals surface area contributed by atoms with E-state index in [0.717, 1.165) is 11.1 Å². The van der Waals surface area contributed by atoms with Crippen LogP contribution < -0.4 is 5.32 Å². The molecule has 0 aromatic heterocycles. The van der Waals surface area contributed by atoms with Crippen molar-refractivity contribution in [3.8, 4) is 0 Å². The van der Waals surface area contributed by atoms with Crippen LogP contribution in [-0.4, -0.2) is 23.3 Å². The monoisotopic (exact) mass is 342 g/mol. The van der Waals surface area contributed by atoms with Crippen molar-refractivity contribution in [1.29, 1.82) is 0 Å². The highest BCUT2D eigenvalue weighted by molar-refractivity contribution is 5.88. The quantitative estimate of drug-likeness (QED) is 0.838. The molecule has 0 saturated carbocycles. The van der Waals surface area contributed by atoms with Gasteiger partial charge in [-0.05, 0) is 30.2 Å². The van der Waals surface area contributed by atoms with E-state index < -0.39 is 6.04 Å². The van der Waals surface area contributed by atoms with E-state index in [1.54, 1.807) is 24.0 Å². The highest BCUT2D eigenvalue weighted by Crippen LogP contribution is 2.24. The van der Waals surface area contributed by atoms with Gasteiger partial charge in [-0.1, -0.05) is 49.4 Å². The average molecular weight is 342 g/mol. The molecule has 2 aromatic carbocycles. The Morgan fingerprint density at radius 3 is 2.24 bits per heavy atom. The maximum Gasteiger partial charge on any atom is 0.247 e. The Morgan fingerprint density at radius 2 is 1.68 bits per heavy atom. The van der Waals surface area contributed by atoms with E-state index in [4.69, 9.17) is 0 Å². The van der Waals surface area contributed by atoms with Crippen molar-refractivity contribution in [2.45, 2.75) is 32.9 Å². The van der Waals surface area contributed by atoms with Crippen molar-refractivity contribution in [3.05, 3.63) is 71.5 Å². The fourth-order valence-corrected chi connectivity index (χ4v) is 2.69. The first-order valence-corrected chi connectivity index (χ1v) is 8.43. The number of nitrogens with zero attached hydrogens (tertiary/aromatic N) is 1. The summed E-state index contributed by atoms with van der Waals surface area (Å²) in [5, 5.41) is 2.81. The molecule has 25 heavy (non-hydrogen) atoms. The lowest BCUT2D eigenvalue weighted by atomic mass is 10.0. The van der Waals surface area contributed by atoms with Crippen molar-refractivity contribution in [2.24, 2.45) is 0 Å². The highest BCUT2D eigenvalue weighted by atomic mass is 19.1. The van der Waals surface area contributed by atoms with Crippen LogP contribution in [0.4, 0.5) is 4.39 Å². The third-order valence-corrected chi connectivity index (χ3v) is 3.92. The van der Waals surface area contributed by atoms with Gasteiger partial charge in [0, 0.05) is 19.5 Å². The number of hydrogen-bond donors (Lipinski definition) is 1. The summed E-state index contributed by atoms with van der Waals surface area (Å²) in [6.45, 7) is 4.32. The molecule has 0 aliphatic carbocycles. The van der Waals surface area contributed by atoms with Crippen LogP contribution in [0.5, 0.6) is 0 Å². The minimum Gasteiger partial charge on any atom is -0.354 e. The lowest BCUT2D eigenvalue weighted by Crippen LogP contribution is -2.43. The molecule has 132 valence electrons. The Kier molecular flexibility index (Phi) is 6.69. The van der Waals surface area contributed by atoms with Crippen LogP contribution in [0.2, 0.25) is 0 Å². The molecule has 0 saturated heterocycles. The fraction of sp³-hybridized carbons (Fsp3) is 0.300. The third kappa shape index (κ3) is 4.89. The first-order valence-electron chi connectivity index (χ1n) is 8.43. The van der Waals surface area contributed by atoms with Crippen LogP contribution in [-0.2, 0) is 16.1 Å². The van der Waals surface area contributed by atoms with Gasteiger partial charge < -0.3 is 10.2 Å². The Labute approximate surface area is 147 Å². The fourth-order valence-electron chi connectivity index (χ4n) is 2.69. The van der Waals surface area contributed by atoms with Crippen molar-refractivity contribution < 1.29 is 14.0 Å². The maximum atomic E-state index is 13.2. The Hall–Kier alpha value is -2.69. The topological polar surface area (TPSA) is 49.4 Å². The summed E-state index contributed by atoms with van der Waals surface area (Å²) in [6, 6.07) is 14.5. The molecule has 0 spiro atoms. The summed E-state index contributed by atoms with van der Waals surface area (Å²) in [4.78, 5) is 26.8. The Morgan fingerprint density at radius 1 is 1.04 bits per heavy atom. The lowest BCUT2D eigenvalue weighted by molar-refractivity contribution is -0.141. The van der Waals surface area contributed by atoms with Crippen LogP contribution in [0, 0.1) is 5.82 Å². The van der Waals surface area contributed by atoms with E-state index in [-0.39, 0.29) is 30.6 Å². The molecule has 0 bridgehead atoms. The van der Waals surface area contributed by atoms with E-state index in [1.807, 2.05) is 37.3 Å². The molecule has 4 nitrogen and oxygen atoms in total. The zero-order valence-corrected chi connectivity index (χ0v) is 14.5. The summed E-state index contributed by atoms with van der Waals surface area (Å²) < 4.78 is 13.2. The zero-order chi connectivity index (χ0) is 18.2. The molecule has 0 unspecified atom stereocenters. The number of carbonyl (C=O) groups excluding carboxylic acids is 2. The highest BCUT2D eigenvalue weighted by Gasteiger charge is 2.30. The molecule has 2 aromatic rings. The summed E-state index contributed by atoms with van der Waals surface area (Å²) in [5.74, 6) is -0.692. The molecule has 0 fully saturated rings. The van der Waals surface area contributed by atoms with Crippen LogP contribution in [0.15, 0.2) is 54.6 Å². The molecule has 0 heterocycles. The number of halogens is 1. The predicted octanol–water partition coefficient (Wildman–Crippen LogP) is 3.44. The van der Waals surface area contributed by atoms with Crippen molar-refractivity contribution in [1.82, 2.24) is 10.2 Å². The Balaban J connectivity index is 2.40. The smallest absolute Gasteiger partial charge is 0.247 e. The largest absolute Gasteiger partial charge is 0.354 e. The molecule has 0 radical (unpaired) electrons. The van der Waals surface area contributed by atoms with Gasteiger partial charge >= 0.3 is 0 Å². The van der Waals surface area contributed by atoms with Gasteiger partial charge in [0.2, 0.25) is 11.8 Å². The van der Waals surface area contributed by atoms with Gasteiger partial charge in [-0.15, -0.1) is 0 Å². The van der Waals surface area contributed by atoms with Crippen LogP contribution in [0.1, 0.15) is 37.4 Å². The molecule has 5 heteroatoms. The van der Waals surface area contributed by atoms with Crippen molar-refractivity contribution in [3.63, 3.8) is 0 Å². The summed E-state index contributed by atoms with van der Waals surface area (Å²) in [6.07, 6.45) is 0.282. The molecule has 1 N–H and O–H groups in total. The van der Waals surface area contributed by atoms with Gasteiger partial charge in [-0.25, -0.2) is 4.39 Å². The lowest BCUT2D eigenvalue weighted by Gasteiger charge is -2.31. The van der Waals surface area contributed by atoms with Crippen LogP contribution in [0.3, 0.4) is 0 Å². The van der Waals surface area contributed by atoms with Crippen LogP contribution >= 0.6 is 0 Å². The first kappa shape index (κ1) is 18.6. The van der Waals surface area contributed by atoms with E-state index >= 15 is 0 Å². The summed E-state index contributed by atoms with van der Waals surface area (Å²) in [7, 11) is 0. The van der Waals surface area contributed by atoms with Gasteiger partial charge in [0.1, 0.15) is 11.9 Å². The minimum atomic E-state index is -0.723. The second kappa shape index (κ2) is 8.97. The second-order valence-electron chi connectivity index (χ2n) is 5.71. The number of likely N-dealkylation sites (N-methyl/N-ethyl adjacent to an activating group) is 1. The number of rotatable bonds is 7. The molecular formula is C20H23FN2O2. The minimum absolute atomic E-state index is 0.135. The molecule has 0 aliphatic heterocycles. The Bertz CT molecular complexity index is 701. The van der Waals surface area contributed by atoms with E-state index in [1.165, 1.54) is 12.1 Å². The third-order valence-electron chi connectivity index (χ3n) is 3.92. The SMILES string of the molecule is CCNC(=O)[C@H](c1ccccc1)N(Cc1ccc(F)cc1)C(=O)CC. The maximum absolute atomic E-state index is 13.2. The van der Waals surface area contributed by atoms with E-state index in [9.17, 15) is 14.0 Å². The molecule has 1 atom stereocenters. The first-order chi connectivity index (χ1) is 12.1. The second-order valence-corrected chi connectivity index (χ2v) is 5.71. The zero-order valence-electron chi connectivity index (χ0n) is 14.5. The van der Waals surface area contributed by atoms with Gasteiger partial charge in [0.15, 0.2) is 0 Å². The number of carbonyl (C=O) groups is 2. The standard InChI is InChI=1S/C20H23FN2O2/c1-3-18(24)23(14-15-10-12-17(21)13-11-15)19(20(25)22-4-2)16-8-6-5-7-9-16/h5-13,19H,3-4,14H2,1-2H3,(H,22,25)/t19-/m0/s1. The summed E-state index contributed by atoms with van der Waals surface area (Å²) >= 11 is 0. The average Bonchev–Trinajstić information content (AvgIpc) is 2.63. The number of nitrogens with one attached hydrogen (secondary N) is 1.